The molecule has 5 nitrogen and oxygen atoms in total. The van der Waals surface area contributed by atoms with E-state index < -0.39 is 0 Å². The van der Waals surface area contributed by atoms with Gasteiger partial charge in [-0.05, 0) is 37.9 Å². The zero-order valence-electron chi connectivity index (χ0n) is 17.9. The molecule has 1 amide bonds. The molecule has 1 saturated heterocycles. The van der Waals surface area contributed by atoms with Crippen molar-refractivity contribution < 1.29 is 4.79 Å². The number of rotatable bonds is 6. The fraction of sp³-hybridized carbons (Fsp3) is 0.360. The smallest absolute Gasteiger partial charge is 0.236 e. The molecule has 1 fully saturated rings. The maximum atomic E-state index is 12.8. The first-order valence-electron chi connectivity index (χ1n) is 10.8. The van der Waals surface area contributed by atoms with Crippen molar-refractivity contribution in [2.24, 2.45) is 5.92 Å². The van der Waals surface area contributed by atoms with Gasteiger partial charge in [0.2, 0.25) is 5.91 Å². The minimum Gasteiger partial charge on any atom is -0.342 e. The van der Waals surface area contributed by atoms with Gasteiger partial charge in [-0.3, -0.25) is 9.69 Å². The molecule has 0 atom stereocenters. The Morgan fingerprint density at radius 3 is 2.33 bits per heavy atom. The molecule has 0 aliphatic carbocycles. The molecule has 0 spiro atoms. The topological polar surface area (TPSA) is 41.4 Å². The lowest BCUT2D eigenvalue weighted by atomic mass is 9.99. The summed E-state index contributed by atoms with van der Waals surface area (Å²) >= 11 is 0. The molecule has 1 aliphatic rings. The van der Waals surface area contributed by atoms with Crippen LogP contribution in [0.25, 0.3) is 16.9 Å². The van der Waals surface area contributed by atoms with Crippen molar-refractivity contribution in [1.82, 2.24) is 19.6 Å². The van der Waals surface area contributed by atoms with E-state index in [9.17, 15) is 4.79 Å². The summed E-state index contributed by atoms with van der Waals surface area (Å²) in [5.41, 5.74) is 4.20. The number of benzene rings is 2. The van der Waals surface area contributed by atoms with E-state index in [4.69, 9.17) is 5.10 Å². The monoisotopic (exact) mass is 402 g/mol. The summed E-state index contributed by atoms with van der Waals surface area (Å²) < 4.78 is 1.93. The van der Waals surface area contributed by atoms with E-state index in [1.165, 1.54) is 0 Å². The van der Waals surface area contributed by atoms with Gasteiger partial charge in [-0.25, -0.2) is 4.68 Å². The fourth-order valence-corrected chi connectivity index (χ4v) is 4.01. The van der Waals surface area contributed by atoms with Gasteiger partial charge < -0.3 is 4.90 Å². The molecule has 3 aromatic rings. The Labute approximate surface area is 178 Å². The molecule has 0 bridgehead atoms. The lowest BCUT2D eigenvalue weighted by molar-refractivity contribution is -0.133. The second-order valence-corrected chi connectivity index (χ2v) is 8.38. The third-order valence-electron chi connectivity index (χ3n) is 5.84. The Bertz CT molecular complexity index is 959. The standard InChI is InChI=1S/C25H30N4O/c1-20-13-15-28(16-14-20)24(30)19-27(2)17-22-18-29(23-11-7-4-8-12-23)26-25(22)21-9-5-3-6-10-21/h3-12,18,20H,13-17,19H2,1-2H3. The maximum absolute atomic E-state index is 12.8. The third-order valence-corrected chi connectivity index (χ3v) is 5.84. The molecule has 0 unspecified atom stereocenters. The summed E-state index contributed by atoms with van der Waals surface area (Å²) in [6, 6.07) is 20.4. The van der Waals surface area contributed by atoms with Crippen LogP contribution in [0.4, 0.5) is 0 Å². The number of nitrogens with zero attached hydrogens (tertiary/aromatic N) is 4. The van der Waals surface area contributed by atoms with Gasteiger partial charge in [-0.15, -0.1) is 0 Å². The predicted molar refractivity (Wildman–Crippen MR) is 120 cm³/mol. The maximum Gasteiger partial charge on any atom is 0.236 e. The van der Waals surface area contributed by atoms with E-state index in [1.54, 1.807) is 0 Å². The highest BCUT2D eigenvalue weighted by Gasteiger charge is 2.22. The van der Waals surface area contributed by atoms with E-state index in [0.29, 0.717) is 13.1 Å². The number of hydrogen-bond acceptors (Lipinski definition) is 3. The number of aromatic nitrogens is 2. The van der Waals surface area contributed by atoms with Crippen molar-refractivity contribution in [3.05, 3.63) is 72.4 Å². The molecule has 2 aromatic carbocycles. The van der Waals surface area contributed by atoms with Crippen LogP contribution in [0.1, 0.15) is 25.3 Å². The van der Waals surface area contributed by atoms with E-state index in [1.807, 2.05) is 53.0 Å². The van der Waals surface area contributed by atoms with Crippen LogP contribution in [0, 0.1) is 5.92 Å². The van der Waals surface area contributed by atoms with Crippen molar-refractivity contribution in [2.75, 3.05) is 26.7 Å². The summed E-state index contributed by atoms with van der Waals surface area (Å²) in [5, 5.41) is 4.88. The Morgan fingerprint density at radius 2 is 1.67 bits per heavy atom. The molecular weight excluding hydrogens is 372 g/mol. The minimum atomic E-state index is 0.223. The van der Waals surface area contributed by atoms with Crippen LogP contribution in [-0.4, -0.2) is 52.2 Å². The van der Waals surface area contributed by atoms with Gasteiger partial charge in [-0.2, -0.15) is 5.10 Å². The summed E-state index contributed by atoms with van der Waals surface area (Å²) in [6.45, 7) is 5.14. The summed E-state index contributed by atoms with van der Waals surface area (Å²) in [4.78, 5) is 16.9. The minimum absolute atomic E-state index is 0.223. The van der Waals surface area contributed by atoms with Gasteiger partial charge in [0, 0.05) is 37.0 Å². The average molecular weight is 403 g/mol. The number of likely N-dealkylation sites (tertiary alicyclic amines) is 1. The molecular formula is C25H30N4O. The van der Waals surface area contributed by atoms with Gasteiger partial charge >= 0.3 is 0 Å². The number of para-hydroxylation sites is 1. The van der Waals surface area contributed by atoms with Crippen LogP contribution >= 0.6 is 0 Å². The summed E-state index contributed by atoms with van der Waals surface area (Å²) in [6.07, 6.45) is 4.30. The normalized spacial score (nSPS) is 15.0. The number of carbonyl (C=O) groups excluding carboxylic acids is 1. The average Bonchev–Trinajstić information content (AvgIpc) is 3.19. The van der Waals surface area contributed by atoms with Crippen molar-refractivity contribution in [3.63, 3.8) is 0 Å². The highest BCUT2D eigenvalue weighted by atomic mass is 16.2. The SMILES string of the molecule is CC1CCN(C(=O)CN(C)Cc2cn(-c3ccccc3)nc2-c2ccccc2)CC1. The van der Waals surface area contributed by atoms with Gasteiger partial charge in [0.15, 0.2) is 0 Å². The molecule has 1 aliphatic heterocycles. The van der Waals surface area contributed by atoms with Crippen LogP contribution in [0.15, 0.2) is 66.9 Å². The summed E-state index contributed by atoms with van der Waals surface area (Å²) in [5.74, 6) is 0.949. The lowest BCUT2D eigenvalue weighted by Gasteiger charge is -2.31. The summed E-state index contributed by atoms with van der Waals surface area (Å²) in [7, 11) is 2.01. The van der Waals surface area contributed by atoms with Crippen LogP contribution in [-0.2, 0) is 11.3 Å². The van der Waals surface area contributed by atoms with Crippen molar-refractivity contribution in [1.29, 1.82) is 0 Å². The second-order valence-electron chi connectivity index (χ2n) is 8.38. The van der Waals surface area contributed by atoms with Gasteiger partial charge in [0.1, 0.15) is 0 Å². The largest absolute Gasteiger partial charge is 0.342 e. The first kappa shape index (κ1) is 20.4. The van der Waals surface area contributed by atoms with Crippen LogP contribution < -0.4 is 0 Å². The quantitative estimate of drug-likeness (QED) is 0.620. The second kappa shape index (κ2) is 9.26. The molecule has 0 N–H and O–H groups in total. The van der Waals surface area contributed by atoms with E-state index in [0.717, 1.165) is 54.4 Å². The Balaban J connectivity index is 1.52. The van der Waals surface area contributed by atoms with Crippen molar-refractivity contribution >= 4 is 5.91 Å². The van der Waals surface area contributed by atoms with Crippen LogP contribution in [0.3, 0.4) is 0 Å². The van der Waals surface area contributed by atoms with Gasteiger partial charge in [0.25, 0.3) is 0 Å². The number of piperidine rings is 1. The van der Waals surface area contributed by atoms with E-state index in [2.05, 4.69) is 42.3 Å². The first-order chi connectivity index (χ1) is 14.6. The molecule has 30 heavy (non-hydrogen) atoms. The Morgan fingerprint density at radius 1 is 1.03 bits per heavy atom. The van der Waals surface area contributed by atoms with Crippen molar-refractivity contribution in [3.8, 4) is 16.9 Å². The van der Waals surface area contributed by atoms with E-state index >= 15 is 0 Å². The van der Waals surface area contributed by atoms with Crippen LogP contribution in [0.2, 0.25) is 0 Å². The molecule has 0 saturated carbocycles. The molecule has 156 valence electrons. The number of hydrogen-bond donors (Lipinski definition) is 0. The first-order valence-corrected chi connectivity index (χ1v) is 10.8. The molecule has 1 aromatic heterocycles. The van der Waals surface area contributed by atoms with Gasteiger partial charge in [0.05, 0.1) is 17.9 Å². The number of carbonyl (C=O) groups is 1. The Hall–Kier alpha value is -2.92. The van der Waals surface area contributed by atoms with E-state index in [-0.39, 0.29) is 5.91 Å². The zero-order chi connectivity index (χ0) is 20.9. The molecule has 5 heteroatoms. The zero-order valence-corrected chi connectivity index (χ0v) is 17.9. The molecule has 4 rings (SSSR count). The fourth-order valence-electron chi connectivity index (χ4n) is 4.01. The van der Waals surface area contributed by atoms with Gasteiger partial charge in [-0.1, -0.05) is 55.5 Å². The predicted octanol–water partition coefficient (Wildman–Crippen LogP) is 4.23. The molecule has 0 radical (unpaired) electrons. The highest BCUT2D eigenvalue weighted by molar-refractivity contribution is 5.78. The number of likely N-dealkylation sites (N-methyl/N-ethyl adjacent to an activating group) is 1. The van der Waals surface area contributed by atoms with Crippen LogP contribution in [0.5, 0.6) is 0 Å². The number of amides is 1. The lowest BCUT2D eigenvalue weighted by Crippen LogP contribution is -2.42. The Kier molecular flexibility index (Phi) is 6.29. The highest BCUT2D eigenvalue weighted by Crippen LogP contribution is 2.25. The third kappa shape index (κ3) is 4.79. The molecule has 2 heterocycles. The van der Waals surface area contributed by atoms with Crippen molar-refractivity contribution in [2.45, 2.75) is 26.3 Å².